The highest BCUT2D eigenvalue weighted by atomic mass is 16.5. The number of carbonyl (C=O) groups is 1. The summed E-state index contributed by atoms with van der Waals surface area (Å²) in [6.45, 7) is 17.2. The summed E-state index contributed by atoms with van der Waals surface area (Å²) in [5, 5.41) is 33.4. The summed E-state index contributed by atoms with van der Waals surface area (Å²) in [5.74, 6) is 1.44. The number of ether oxygens (including phenoxy) is 1. The Balaban J connectivity index is 1.49. The van der Waals surface area contributed by atoms with Gasteiger partial charge in [-0.2, -0.15) is 0 Å². The molecular weight excluding hydrogens is 440 g/mol. The van der Waals surface area contributed by atoms with Crippen LogP contribution in [0.15, 0.2) is 0 Å². The number of Topliss-reactive ketones (excluding diaryl/α,β-unsaturated/α-hetero) is 1. The third kappa shape index (κ3) is 3.29. The lowest BCUT2D eigenvalue weighted by Gasteiger charge is -2.69. The third-order valence-corrected chi connectivity index (χ3v) is 13.0. The van der Waals surface area contributed by atoms with Gasteiger partial charge in [0.15, 0.2) is 0 Å². The second kappa shape index (κ2) is 7.55. The van der Waals surface area contributed by atoms with Crippen LogP contribution < -0.4 is 0 Å². The van der Waals surface area contributed by atoms with Gasteiger partial charge >= 0.3 is 0 Å². The molecule has 0 amide bonds. The van der Waals surface area contributed by atoms with Gasteiger partial charge in [0.1, 0.15) is 11.9 Å². The highest BCUT2D eigenvalue weighted by Gasteiger charge is 2.72. The van der Waals surface area contributed by atoms with Crippen LogP contribution in [0.3, 0.4) is 0 Å². The predicted molar refractivity (Wildman–Crippen MR) is 136 cm³/mol. The van der Waals surface area contributed by atoms with Gasteiger partial charge in [-0.3, -0.25) is 4.79 Å². The van der Waals surface area contributed by atoms with Crippen LogP contribution in [0.2, 0.25) is 0 Å². The molecule has 0 bridgehead atoms. The molecule has 4 aliphatic carbocycles. The number of aliphatic hydroxyl groups is 3. The number of carbonyl (C=O) groups excluding carboxylic acids is 1. The van der Waals surface area contributed by atoms with Crippen molar-refractivity contribution in [1.29, 1.82) is 0 Å². The highest BCUT2D eigenvalue weighted by Crippen LogP contribution is 2.75. The minimum absolute atomic E-state index is 0.0241. The smallest absolute Gasteiger partial charge is 0.138 e. The maximum atomic E-state index is 12.9. The number of rotatable bonds is 2. The minimum atomic E-state index is -1.11. The van der Waals surface area contributed by atoms with Gasteiger partial charge in [0.05, 0.1) is 23.4 Å². The van der Waals surface area contributed by atoms with E-state index in [0.29, 0.717) is 30.5 Å². The Hall–Kier alpha value is -0.490. The van der Waals surface area contributed by atoms with Crippen molar-refractivity contribution in [2.24, 2.45) is 45.3 Å². The quantitative estimate of drug-likeness (QED) is 0.513. The van der Waals surface area contributed by atoms with E-state index < -0.39 is 29.5 Å². The van der Waals surface area contributed by atoms with Crippen LogP contribution in [0.4, 0.5) is 0 Å². The molecule has 0 unspecified atom stereocenters. The zero-order chi connectivity index (χ0) is 26.0. The third-order valence-electron chi connectivity index (χ3n) is 13.0. The summed E-state index contributed by atoms with van der Waals surface area (Å²) in [6.07, 6.45) is 5.38. The van der Waals surface area contributed by atoms with Gasteiger partial charge < -0.3 is 20.1 Å². The maximum Gasteiger partial charge on any atom is 0.138 e. The van der Waals surface area contributed by atoms with Crippen molar-refractivity contribution < 1.29 is 24.9 Å². The van der Waals surface area contributed by atoms with Crippen molar-refractivity contribution in [2.75, 3.05) is 0 Å². The predicted octanol–water partition coefficient (Wildman–Crippen LogP) is 4.89. The van der Waals surface area contributed by atoms with E-state index in [4.69, 9.17) is 4.74 Å². The van der Waals surface area contributed by atoms with Crippen LogP contribution in [0.1, 0.15) is 107 Å². The Kier molecular flexibility index (Phi) is 5.63. The zero-order valence-corrected chi connectivity index (χ0v) is 23.4. The zero-order valence-electron chi connectivity index (χ0n) is 23.4. The van der Waals surface area contributed by atoms with E-state index in [1.807, 2.05) is 0 Å². The lowest BCUT2D eigenvalue weighted by Crippen LogP contribution is -2.66. The first kappa shape index (κ1) is 26.1. The molecule has 0 radical (unpaired) electrons. The van der Waals surface area contributed by atoms with Crippen LogP contribution in [0.5, 0.6) is 0 Å². The first-order valence-corrected chi connectivity index (χ1v) is 14.2. The molecule has 1 saturated heterocycles. The number of ketones is 1. The van der Waals surface area contributed by atoms with Gasteiger partial charge in [0.25, 0.3) is 0 Å². The summed E-state index contributed by atoms with van der Waals surface area (Å²) in [4.78, 5) is 12.9. The van der Waals surface area contributed by atoms with Crippen molar-refractivity contribution >= 4 is 5.78 Å². The Morgan fingerprint density at radius 2 is 1.51 bits per heavy atom. The second-order valence-corrected chi connectivity index (χ2v) is 15.4. The molecule has 1 heterocycles. The molecule has 5 aliphatic rings. The van der Waals surface area contributed by atoms with Crippen molar-refractivity contribution in [3.8, 4) is 0 Å². The first-order chi connectivity index (χ1) is 15.9. The van der Waals surface area contributed by atoms with Gasteiger partial charge in [-0.1, -0.05) is 34.6 Å². The number of aliphatic hydroxyl groups excluding tert-OH is 2. The Labute approximate surface area is 212 Å². The van der Waals surface area contributed by atoms with Crippen LogP contribution in [0.25, 0.3) is 0 Å². The lowest BCUT2D eigenvalue weighted by molar-refractivity contribution is -0.235. The average Bonchev–Trinajstić information content (AvgIpc) is 3.26. The first-order valence-electron chi connectivity index (χ1n) is 14.2. The highest BCUT2D eigenvalue weighted by molar-refractivity contribution is 5.85. The molecular formula is C30H50O5. The van der Waals surface area contributed by atoms with Crippen LogP contribution in [-0.4, -0.2) is 50.6 Å². The van der Waals surface area contributed by atoms with Gasteiger partial charge in [-0.05, 0) is 99.2 Å². The van der Waals surface area contributed by atoms with Gasteiger partial charge in [-0.15, -0.1) is 0 Å². The molecule has 0 aromatic heterocycles. The van der Waals surface area contributed by atoms with Crippen LogP contribution in [-0.2, 0) is 9.53 Å². The van der Waals surface area contributed by atoms with Gasteiger partial charge in [0.2, 0.25) is 0 Å². The van der Waals surface area contributed by atoms with E-state index >= 15 is 0 Å². The van der Waals surface area contributed by atoms with E-state index in [2.05, 4.69) is 41.5 Å². The molecule has 35 heavy (non-hydrogen) atoms. The molecule has 0 aromatic carbocycles. The van der Waals surface area contributed by atoms with Crippen molar-refractivity contribution in [3.05, 3.63) is 0 Å². The average molecular weight is 491 g/mol. The summed E-state index contributed by atoms with van der Waals surface area (Å²) in [5.41, 5.74) is -1.83. The number of fused-ring (bicyclic) bond motifs is 5. The Bertz CT molecular complexity index is 892. The van der Waals surface area contributed by atoms with E-state index in [1.54, 1.807) is 13.8 Å². The molecule has 5 fully saturated rings. The molecule has 1 aliphatic heterocycles. The van der Waals surface area contributed by atoms with Crippen molar-refractivity contribution in [1.82, 2.24) is 0 Å². The Morgan fingerprint density at radius 3 is 2.11 bits per heavy atom. The fourth-order valence-corrected chi connectivity index (χ4v) is 11.0. The second-order valence-electron chi connectivity index (χ2n) is 15.4. The molecule has 200 valence electrons. The van der Waals surface area contributed by atoms with Crippen molar-refractivity contribution in [3.63, 3.8) is 0 Å². The maximum absolute atomic E-state index is 12.9. The largest absolute Gasteiger partial charge is 0.393 e. The van der Waals surface area contributed by atoms with Gasteiger partial charge in [0, 0.05) is 18.3 Å². The summed E-state index contributed by atoms with van der Waals surface area (Å²) in [7, 11) is 0. The summed E-state index contributed by atoms with van der Waals surface area (Å²) >= 11 is 0. The summed E-state index contributed by atoms with van der Waals surface area (Å²) in [6, 6.07) is 0. The molecule has 5 rings (SSSR count). The topological polar surface area (TPSA) is 87.0 Å². The Morgan fingerprint density at radius 1 is 0.886 bits per heavy atom. The van der Waals surface area contributed by atoms with Gasteiger partial charge in [-0.25, -0.2) is 0 Å². The molecule has 5 heteroatoms. The molecule has 4 saturated carbocycles. The molecule has 0 spiro atoms. The monoisotopic (exact) mass is 490 g/mol. The normalized spacial score (nSPS) is 55.9. The molecule has 11 atom stereocenters. The van der Waals surface area contributed by atoms with Crippen molar-refractivity contribution in [2.45, 2.75) is 136 Å². The van der Waals surface area contributed by atoms with Crippen LogP contribution >= 0.6 is 0 Å². The van der Waals surface area contributed by atoms with Crippen LogP contribution in [0, 0.1) is 45.3 Å². The molecule has 3 N–H and O–H groups in total. The van der Waals surface area contributed by atoms with E-state index in [-0.39, 0.29) is 33.5 Å². The molecule has 0 aromatic rings. The van der Waals surface area contributed by atoms with E-state index in [1.165, 1.54) is 0 Å². The molecule has 5 nitrogen and oxygen atoms in total. The standard InChI is InChI=1S/C30H50O5/c1-25(2)20-10-14-28(6)21(27(20,5)12-11-22(25)33)15-18(31)23-17(9-13-29(23,28)7)30(8)16-19(32)24(35-30)26(3,4)34/h17-21,23-24,31-32,34H,9-16H2,1-8H3/t17-,18+,19-,20+,21+,23-,24-,27-,28+,29+,30-/m0/s1. The fraction of sp³-hybridized carbons (Fsp3) is 0.967. The SMILES string of the molecule is CC(C)(O)[C@H]1O[C@](C)([C@H]2CC[C@]3(C)[C@@H]2[C@H](O)C[C@@H]2[C@@]4(C)CCC(=O)C(C)(C)[C@H]4CC[C@]23C)C[C@@H]1O. The van der Waals surface area contributed by atoms with E-state index in [9.17, 15) is 20.1 Å². The fourth-order valence-electron chi connectivity index (χ4n) is 11.0. The van der Waals surface area contributed by atoms with E-state index in [0.717, 1.165) is 38.5 Å². The lowest BCUT2D eigenvalue weighted by atomic mass is 9.35. The minimum Gasteiger partial charge on any atom is -0.393 e. The summed E-state index contributed by atoms with van der Waals surface area (Å²) < 4.78 is 6.52. The number of hydrogen-bond acceptors (Lipinski definition) is 5. The number of hydrogen-bond donors (Lipinski definition) is 3.